The van der Waals surface area contributed by atoms with Gasteiger partial charge in [-0.1, -0.05) is 12.1 Å². The van der Waals surface area contributed by atoms with Gasteiger partial charge in [0.05, 0.1) is 0 Å². The molecule has 0 saturated carbocycles. The summed E-state index contributed by atoms with van der Waals surface area (Å²) < 4.78 is 23.0. The van der Waals surface area contributed by atoms with Crippen LogP contribution in [-0.2, 0) is 15.6 Å². The first-order valence-corrected chi connectivity index (χ1v) is 8.90. The minimum Gasteiger partial charge on any atom is -0.324 e. The lowest BCUT2D eigenvalue weighted by molar-refractivity contribution is 0.338. The third kappa shape index (κ3) is 4.79. The van der Waals surface area contributed by atoms with Crippen molar-refractivity contribution < 1.29 is 28.7 Å². The predicted octanol–water partition coefficient (Wildman–Crippen LogP) is 1.52. The Morgan fingerprint density at radius 1 is 1.12 bits per heavy atom. The second-order valence-corrected chi connectivity index (χ2v) is 8.75. The molecular formula is C8H11IO6P2. The van der Waals surface area contributed by atoms with Gasteiger partial charge in [-0.05, 0) is 46.7 Å². The summed E-state index contributed by atoms with van der Waals surface area (Å²) in [5.41, 5.74) is 0.480. The van der Waals surface area contributed by atoms with Crippen molar-refractivity contribution in [1.82, 2.24) is 0 Å². The summed E-state index contributed by atoms with van der Waals surface area (Å²) in [6, 6.07) is 6.63. The highest BCUT2D eigenvalue weighted by molar-refractivity contribution is 14.1. The van der Waals surface area contributed by atoms with Crippen LogP contribution in [0.25, 0.3) is 0 Å². The quantitative estimate of drug-likeness (QED) is 0.458. The zero-order valence-electron chi connectivity index (χ0n) is 8.47. The van der Waals surface area contributed by atoms with Crippen molar-refractivity contribution in [3.8, 4) is 0 Å². The molecular weight excluding hydrogens is 379 g/mol. The van der Waals surface area contributed by atoms with E-state index in [4.69, 9.17) is 19.6 Å². The Morgan fingerprint density at radius 2 is 1.65 bits per heavy atom. The van der Waals surface area contributed by atoms with E-state index >= 15 is 0 Å². The van der Waals surface area contributed by atoms with Crippen LogP contribution in [0.15, 0.2) is 24.3 Å². The summed E-state index contributed by atoms with van der Waals surface area (Å²) in [5.74, 6) is 0. The van der Waals surface area contributed by atoms with Gasteiger partial charge in [0.25, 0.3) is 0 Å². The first kappa shape index (κ1) is 15.3. The van der Waals surface area contributed by atoms with Crippen LogP contribution in [0.4, 0.5) is 0 Å². The van der Waals surface area contributed by atoms with Crippen LogP contribution in [0.3, 0.4) is 0 Å². The largest absolute Gasteiger partial charge is 0.341 e. The van der Waals surface area contributed by atoms with Crippen molar-refractivity contribution in [2.75, 3.05) is 0 Å². The number of hydrogen-bond acceptors (Lipinski definition) is 2. The minimum atomic E-state index is -4.84. The van der Waals surface area contributed by atoms with E-state index in [-0.39, 0.29) is 6.42 Å². The normalized spacial score (nSPS) is 13.1. The Balaban J connectivity index is 3.04. The SMILES string of the molecule is O=P(O)(O)C(Cc1cccc([125I])c1)P(=O)(O)O. The standard InChI is InChI=1S/C8H11IO6P2/c9-7-3-1-2-6(4-7)5-8(16(10,11)12)17(13,14)15/h1-4,8H,5H2,(H2,10,11,12)(H2,13,14,15)/i9-2. The summed E-state index contributed by atoms with van der Waals surface area (Å²) in [6.45, 7) is 0. The molecule has 0 radical (unpaired) electrons. The van der Waals surface area contributed by atoms with Crippen LogP contribution < -0.4 is 0 Å². The number of benzene rings is 1. The van der Waals surface area contributed by atoms with Gasteiger partial charge in [-0.15, -0.1) is 0 Å². The van der Waals surface area contributed by atoms with Crippen molar-refractivity contribution in [2.45, 2.75) is 11.8 Å². The molecule has 9 heteroatoms. The van der Waals surface area contributed by atoms with Gasteiger partial charge in [0.1, 0.15) is 0 Å². The molecule has 0 saturated heterocycles. The summed E-state index contributed by atoms with van der Waals surface area (Å²) in [4.78, 5) is 35.8. The maximum absolute atomic E-state index is 11.1. The van der Waals surface area contributed by atoms with E-state index in [9.17, 15) is 9.13 Å². The van der Waals surface area contributed by atoms with Crippen molar-refractivity contribution in [3.63, 3.8) is 0 Å². The highest BCUT2D eigenvalue weighted by atomic mass is 125. The first-order valence-electron chi connectivity index (χ1n) is 4.45. The second-order valence-electron chi connectivity index (χ2n) is 3.49. The van der Waals surface area contributed by atoms with Crippen molar-refractivity contribution in [1.29, 1.82) is 0 Å². The van der Waals surface area contributed by atoms with Crippen LogP contribution in [0.1, 0.15) is 5.56 Å². The Bertz CT molecular complexity index is 471. The molecule has 96 valence electrons. The van der Waals surface area contributed by atoms with Gasteiger partial charge in [-0.25, -0.2) is 0 Å². The Morgan fingerprint density at radius 3 is 2.06 bits per heavy atom. The molecule has 0 aliphatic carbocycles. The van der Waals surface area contributed by atoms with E-state index in [1.54, 1.807) is 24.3 Å². The van der Waals surface area contributed by atoms with Gasteiger partial charge >= 0.3 is 15.2 Å². The summed E-state index contributed by atoms with van der Waals surface area (Å²) >= 11 is 2.01. The lowest BCUT2D eigenvalue weighted by Crippen LogP contribution is -2.12. The number of halogens is 1. The fourth-order valence-corrected chi connectivity index (χ4v) is 4.38. The zero-order valence-corrected chi connectivity index (χ0v) is 12.4. The molecule has 0 amide bonds. The third-order valence-electron chi connectivity index (χ3n) is 2.08. The van der Waals surface area contributed by atoms with Crippen molar-refractivity contribution >= 4 is 37.8 Å². The molecule has 4 N–H and O–H groups in total. The van der Waals surface area contributed by atoms with Gasteiger partial charge < -0.3 is 19.6 Å². The van der Waals surface area contributed by atoms with E-state index in [1.807, 2.05) is 22.6 Å². The van der Waals surface area contributed by atoms with E-state index in [0.717, 1.165) is 3.57 Å². The molecule has 0 fully saturated rings. The van der Waals surface area contributed by atoms with Crippen LogP contribution in [-0.4, -0.2) is 25.0 Å². The molecule has 0 aliphatic rings. The molecule has 0 bridgehead atoms. The molecule has 0 aliphatic heterocycles. The van der Waals surface area contributed by atoms with Crippen molar-refractivity contribution in [3.05, 3.63) is 33.4 Å². The molecule has 1 rings (SSSR count). The van der Waals surface area contributed by atoms with E-state index < -0.39 is 20.6 Å². The monoisotopic (exact) mass is 390 g/mol. The lowest BCUT2D eigenvalue weighted by Gasteiger charge is -2.19. The smallest absolute Gasteiger partial charge is 0.324 e. The van der Waals surface area contributed by atoms with Crippen molar-refractivity contribution in [2.24, 2.45) is 0 Å². The van der Waals surface area contributed by atoms with Gasteiger partial charge in [0, 0.05) is 3.57 Å². The maximum atomic E-state index is 11.1. The van der Waals surface area contributed by atoms with Crippen LogP contribution in [0.5, 0.6) is 0 Å². The van der Waals surface area contributed by atoms with E-state index in [0.29, 0.717) is 5.56 Å². The summed E-state index contributed by atoms with van der Waals surface area (Å²) in [7, 11) is -9.69. The average Bonchev–Trinajstić information content (AvgIpc) is 2.10. The highest BCUT2D eigenvalue weighted by Gasteiger charge is 2.43. The number of hydrogen-bond donors (Lipinski definition) is 4. The molecule has 6 nitrogen and oxygen atoms in total. The molecule has 1 aromatic rings. The van der Waals surface area contributed by atoms with Gasteiger partial charge in [0.15, 0.2) is 5.40 Å². The number of rotatable bonds is 4. The van der Waals surface area contributed by atoms with Gasteiger partial charge in [-0.2, -0.15) is 0 Å². The Labute approximate surface area is 112 Å². The van der Waals surface area contributed by atoms with Crippen LogP contribution in [0, 0.1) is 3.57 Å². The highest BCUT2D eigenvalue weighted by Crippen LogP contribution is 2.60. The minimum absolute atomic E-state index is 0.356. The molecule has 0 spiro atoms. The Kier molecular flexibility index (Phi) is 4.94. The first-order chi connectivity index (χ1) is 7.60. The molecule has 1 aromatic carbocycles. The fraction of sp³-hybridized carbons (Fsp3) is 0.250. The molecule has 0 aromatic heterocycles. The maximum Gasteiger partial charge on any atom is 0.341 e. The molecule has 17 heavy (non-hydrogen) atoms. The average molecular weight is 390 g/mol. The Hall–Kier alpha value is 0.250. The topological polar surface area (TPSA) is 115 Å². The van der Waals surface area contributed by atoms with Gasteiger partial charge in [-0.3, -0.25) is 9.13 Å². The molecule has 0 heterocycles. The van der Waals surface area contributed by atoms with E-state index in [1.165, 1.54) is 0 Å². The second kappa shape index (κ2) is 5.48. The molecule has 0 unspecified atom stereocenters. The third-order valence-corrected chi connectivity index (χ3v) is 6.48. The summed E-state index contributed by atoms with van der Waals surface area (Å²) in [6.07, 6.45) is -0.356. The zero-order chi connectivity index (χ0) is 13.3. The van der Waals surface area contributed by atoms with Crippen LogP contribution >= 0.6 is 37.8 Å². The lowest BCUT2D eigenvalue weighted by atomic mass is 10.2. The van der Waals surface area contributed by atoms with Crippen LogP contribution in [0.2, 0.25) is 0 Å². The van der Waals surface area contributed by atoms with Gasteiger partial charge in [0.2, 0.25) is 0 Å². The fourth-order valence-electron chi connectivity index (χ4n) is 1.31. The van der Waals surface area contributed by atoms with E-state index in [2.05, 4.69) is 0 Å². The summed E-state index contributed by atoms with van der Waals surface area (Å²) in [5, 5.41) is -1.98. The molecule has 0 atom stereocenters. The predicted molar refractivity (Wildman–Crippen MR) is 70.7 cm³/mol.